The van der Waals surface area contributed by atoms with Crippen molar-refractivity contribution in [2.24, 2.45) is 0 Å². The van der Waals surface area contributed by atoms with E-state index >= 15 is 0 Å². The molecule has 0 atom stereocenters. The molecule has 0 aliphatic rings. The highest BCUT2D eigenvalue weighted by molar-refractivity contribution is 5.92. The minimum Gasteiger partial charge on any atom is -0.493 e. The normalized spacial score (nSPS) is 10.9. The molecule has 4 aromatic rings. The van der Waals surface area contributed by atoms with Crippen molar-refractivity contribution < 1.29 is 23.4 Å². The number of nitrogens with zero attached hydrogens (tertiary/aromatic N) is 4. The minimum atomic E-state index is -1.12. The van der Waals surface area contributed by atoms with Crippen molar-refractivity contribution in [2.75, 3.05) is 23.8 Å². The number of aliphatic hydroxyl groups is 1. The zero-order chi connectivity index (χ0) is 23.2. The van der Waals surface area contributed by atoms with Gasteiger partial charge in [0.25, 0.3) is 0 Å². The third-order valence-corrected chi connectivity index (χ3v) is 4.61. The maximum atomic E-state index is 13.7. The maximum absolute atomic E-state index is 13.7. The fraction of sp³-hybridized carbons (Fsp3) is 0.182. The van der Waals surface area contributed by atoms with E-state index in [-0.39, 0.29) is 18.8 Å². The Morgan fingerprint density at radius 1 is 1.18 bits per heavy atom. The number of benzene rings is 2. The Morgan fingerprint density at radius 2 is 2.06 bits per heavy atom. The summed E-state index contributed by atoms with van der Waals surface area (Å²) in [7, 11) is 0. The Bertz CT molecular complexity index is 1280. The first kappa shape index (κ1) is 22.1. The van der Waals surface area contributed by atoms with E-state index in [9.17, 15) is 13.6 Å². The van der Waals surface area contributed by atoms with E-state index in [1.165, 1.54) is 29.3 Å². The fourth-order valence-electron chi connectivity index (χ4n) is 3.07. The van der Waals surface area contributed by atoms with E-state index in [2.05, 4.69) is 25.7 Å². The summed E-state index contributed by atoms with van der Waals surface area (Å²) in [4.78, 5) is 20.7. The summed E-state index contributed by atoms with van der Waals surface area (Å²) in [6.45, 7) is 0.258. The molecule has 170 valence electrons. The van der Waals surface area contributed by atoms with Crippen LogP contribution in [-0.2, 0) is 11.3 Å². The van der Waals surface area contributed by atoms with Crippen molar-refractivity contribution in [3.63, 3.8) is 0 Å². The van der Waals surface area contributed by atoms with Crippen LogP contribution < -0.4 is 15.4 Å². The molecular weight excluding hydrogens is 434 g/mol. The lowest BCUT2D eigenvalue weighted by Crippen LogP contribution is -2.19. The largest absolute Gasteiger partial charge is 0.493 e. The molecule has 0 unspecified atom stereocenters. The van der Waals surface area contributed by atoms with Crippen LogP contribution in [0.5, 0.6) is 5.75 Å². The number of hydrogen-bond donors (Lipinski definition) is 3. The van der Waals surface area contributed by atoms with Crippen molar-refractivity contribution in [1.82, 2.24) is 19.7 Å². The first-order valence-electron chi connectivity index (χ1n) is 10.1. The van der Waals surface area contributed by atoms with Gasteiger partial charge in [0.15, 0.2) is 11.6 Å². The molecule has 0 radical (unpaired) electrons. The average Bonchev–Trinajstić information content (AvgIpc) is 3.23. The predicted octanol–water partition coefficient (Wildman–Crippen LogP) is 3.25. The lowest BCUT2D eigenvalue weighted by atomic mass is 10.2. The van der Waals surface area contributed by atoms with Gasteiger partial charge in [-0.1, -0.05) is 6.07 Å². The summed E-state index contributed by atoms with van der Waals surface area (Å²) in [5, 5.41) is 19.2. The molecule has 1 amide bonds. The molecule has 2 heterocycles. The molecule has 2 aromatic carbocycles. The summed E-state index contributed by atoms with van der Waals surface area (Å²) >= 11 is 0. The molecule has 11 heteroatoms. The van der Waals surface area contributed by atoms with E-state index in [0.717, 1.165) is 11.5 Å². The van der Waals surface area contributed by atoms with Gasteiger partial charge < -0.3 is 20.5 Å². The summed E-state index contributed by atoms with van der Waals surface area (Å²) in [5.74, 6) is -1.55. The summed E-state index contributed by atoms with van der Waals surface area (Å²) < 4.78 is 33.9. The van der Waals surface area contributed by atoms with Crippen LogP contribution in [0.1, 0.15) is 6.42 Å². The average molecular weight is 454 g/mol. The van der Waals surface area contributed by atoms with Gasteiger partial charge in [-0.3, -0.25) is 9.48 Å². The zero-order valence-corrected chi connectivity index (χ0v) is 17.3. The fourth-order valence-corrected chi connectivity index (χ4v) is 3.07. The number of amides is 1. The lowest BCUT2D eigenvalue weighted by Gasteiger charge is -2.09. The highest BCUT2D eigenvalue weighted by atomic mass is 19.2. The molecule has 0 fully saturated rings. The molecule has 3 N–H and O–H groups in total. The van der Waals surface area contributed by atoms with Gasteiger partial charge >= 0.3 is 0 Å². The van der Waals surface area contributed by atoms with Crippen molar-refractivity contribution in [3.05, 3.63) is 66.8 Å². The number of aliphatic hydroxyl groups excluding tert-OH is 1. The lowest BCUT2D eigenvalue weighted by molar-refractivity contribution is -0.116. The van der Waals surface area contributed by atoms with Gasteiger partial charge in [-0.05, 0) is 24.3 Å². The summed E-state index contributed by atoms with van der Waals surface area (Å²) in [5.41, 5.74) is 0.999. The van der Waals surface area contributed by atoms with Crippen molar-refractivity contribution >= 4 is 34.0 Å². The van der Waals surface area contributed by atoms with Crippen LogP contribution in [0.15, 0.2) is 55.1 Å². The quantitative estimate of drug-likeness (QED) is 0.333. The number of hydrogen-bond acceptors (Lipinski definition) is 7. The third-order valence-electron chi connectivity index (χ3n) is 4.61. The monoisotopic (exact) mass is 454 g/mol. The maximum Gasteiger partial charge on any atom is 0.246 e. The topological polar surface area (TPSA) is 114 Å². The highest BCUT2D eigenvalue weighted by Crippen LogP contribution is 2.26. The van der Waals surface area contributed by atoms with E-state index in [4.69, 9.17) is 9.84 Å². The van der Waals surface area contributed by atoms with Gasteiger partial charge in [-0.25, -0.2) is 18.7 Å². The molecule has 4 rings (SSSR count). The number of carbonyl (C=O) groups is 1. The van der Waals surface area contributed by atoms with Gasteiger partial charge in [0.2, 0.25) is 5.91 Å². The second-order valence-corrected chi connectivity index (χ2v) is 7.03. The van der Waals surface area contributed by atoms with Crippen LogP contribution in [0.25, 0.3) is 10.9 Å². The molecule has 0 aliphatic heterocycles. The Hall–Kier alpha value is -4.12. The zero-order valence-electron chi connectivity index (χ0n) is 17.3. The third kappa shape index (κ3) is 5.39. The molecule has 9 nitrogen and oxygen atoms in total. The van der Waals surface area contributed by atoms with Crippen molar-refractivity contribution in [2.45, 2.75) is 13.0 Å². The number of anilines is 3. The van der Waals surface area contributed by atoms with Crippen LogP contribution in [0.2, 0.25) is 0 Å². The first-order chi connectivity index (χ1) is 16.0. The van der Waals surface area contributed by atoms with Gasteiger partial charge in [0.1, 0.15) is 24.4 Å². The predicted molar refractivity (Wildman–Crippen MR) is 117 cm³/mol. The SMILES string of the molecule is O=C(Cn1cc(Nc2ncnc3cc(OCCCO)ccc23)cn1)Nc1cccc(F)c1F. The van der Waals surface area contributed by atoms with Crippen LogP contribution in [0.4, 0.5) is 26.0 Å². The van der Waals surface area contributed by atoms with Crippen molar-refractivity contribution in [1.29, 1.82) is 0 Å². The number of nitrogens with one attached hydrogen (secondary N) is 2. The molecule has 0 aliphatic carbocycles. The van der Waals surface area contributed by atoms with Crippen LogP contribution in [0.3, 0.4) is 0 Å². The second kappa shape index (κ2) is 10.0. The van der Waals surface area contributed by atoms with Crippen LogP contribution in [-0.4, -0.2) is 44.0 Å². The van der Waals surface area contributed by atoms with E-state index < -0.39 is 17.5 Å². The van der Waals surface area contributed by atoms with Crippen molar-refractivity contribution in [3.8, 4) is 5.75 Å². The Balaban J connectivity index is 1.42. The number of ether oxygens (including phenoxy) is 1. The summed E-state index contributed by atoms with van der Waals surface area (Å²) in [6, 6.07) is 8.93. The number of rotatable bonds is 9. The van der Waals surface area contributed by atoms with Gasteiger partial charge in [0.05, 0.1) is 29.7 Å². The Morgan fingerprint density at radius 3 is 2.91 bits per heavy atom. The Labute approximate surface area is 187 Å². The standard InChI is InChI=1S/C22H20F2N6O3/c23-17-3-1-4-18(21(17)24)29-20(32)12-30-11-14(10-27-30)28-22-16-6-5-15(33-8-2-7-31)9-19(16)25-13-26-22/h1,3-6,9-11,13,31H,2,7-8,12H2,(H,29,32)(H,25,26,28). The molecule has 0 saturated carbocycles. The summed E-state index contributed by atoms with van der Waals surface area (Å²) in [6.07, 6.45) is 5.04. The highest BCUT2D eigenvalue weighted by Gasteiger charge is 2.12. The smallest absolute Gasteiger partial charge is 0.246 e. The number of fused-ring (bicyclic) bond motifs is 1. The minimum absolute atomic E-state index is 0.0564. The van der Waals surface area contributed by atoms with Crippen LogP contribution in [0, 0.1) is 11.6 Å². The molecule has 0 spiro atoms. The second-order valence-electron chi connectivity index (χ2n) is 7.03. The molecular formula is C22H20F2N6O3. The van der Waals surface area contributed by atoms with E-state index in [1.807, 2.05) is 6.07 Å². The van der Waals surface area contributed by atoms with Crippen LogP contribution >= 0.6 is 0 Å². The molecule has 0 bridgehead atoms. The molecule has 33 heavy (non-hydrogen) atoms. The van der Waals surface area contributed by atoms with E-state index in [1.54, 1.807) is 18.3 Å². The van der Waals surface area contributed by atoms with Gasteiger partial charge in [-0.2, -0.15) is 5.10 Å². The molecule has 2 aromatic heterocycles. The van der Waals surface area contributed by atoms with Gasteiger partial charge in [0, 0.05) is 30.7 Å². The van der Waals surface area contributed by atoms with Gasteiger partial charge in [-0.15, -0.1) is 0 Å². The first-order valence-corrected chi connectivity index (χ1v) is 10.1. The number of aromatic nitrogens is 4. The number of halogens is 2. The number of carbonyl (C=O) groups excluding carboxylic acids is 1. The van der Waals surface area contributed by atoms with E-state index in [0.29, 0.717) is 35.8 Å². The Kier molecular flexibility index (Phi) is 6.69. The molecule has 0 saturated heterocycles.